The van der Waals surface area contributed by atoms with E-state index < -0.39 is 27.8 Å². The highest BCUT2D eigenvalue weighted by Gasteiger charge is 2.38. The van der Waals surface area contributed by atoms with E-state index in [9.17, 15) is 18.0 Å². The number of rotatable bonds is 2. The fraction of sp³-hybridized carbons (Fsp3) is 0.818. The van der Waals surface area contributed by atoms with Crippen molar-refractivity contribution >= 4 is 21.7 Å². The minimum absolute atomic E-state index is 0.0637. The van der Waals surface area contributed by atoms with Crippen molar-refractivity contribution < 1.29 is 27.5 Å². The van der Waals surface area contributed by atoms with Crippen molar-refractivity contribution in [1.82, 2.24) is 4.90 Å². The molecule has 0 aromatic carbocycles. The quantitative estimate of drug-likeness (QED) is 0.595. The van der Waals surface area contributed by atoms with E-state index in [-0.39, 0.29) is 30.6 Å². The van der Waals surface area contributed by atoms with Gasteiger partial charge in [-0.15, -0.1) is 0 Å². The number of morpholine rings is 1. The third kappa shape index (κ3) is 3.24. The molecule has 2 fully saturated rings. The van der Waals surface area contributed by atoms with Crippen LogP contribution >= 0.6 is 0 Å². The van der Waals surface area contributed by atoms with E-state index in [1.54, 1.807) is 0 Å². The number of carbonyl (C=O) groups is 2. The van der Waals surface area contributed by atoms with Crippen LogP contribution in [0.15, 0.2) is 0 Å². The van der Waals surface area contributed by atoms with Gasteiger partial charge in [0.25, 0.3) is 0 Å². The average Bonchev–Trinajstić information content (AvgIpc) is 2.77. The molecule has 2 aliphatic rings. The van der Waals surface area contributed by atoms with Crippen LogP contribution in [0.2, 0.25) is 0 Å². The maximum Gasteiger partial charge on any atom is 0.336 e. The summed E-state index contributed by atoms with van der Waals surface area (Å²) >= 11 is 0. The molecule has 0 radical (unpaired) electrons. The second kappa shape index (κ2) is 5.46. The number of hydrogen-bond acceptors (Lipinski definition) is 6. The molecular weight excluding hydrogens is 274 g/mol. The summed E-state index contributed by atoms with van der Waals surface area (Å²) in [6, 6.07) is 0. The van der Waals surface area contributed by atoms with E-state index in [0.717, 1.165) is 0 Å². The van der Waals surface area contributed by atoms with Crippen LogP contribution in [0, 0.1) is 5.92 Å². The van der Waals surface area contributed by atoms with Crippen LogP contribution < -0.4 is 0 Å². The number of nitrogens with zero attached hydrogens (tertiary/aromatic N) is 1. The molecule has 0 aromatic heterocycles. The van der Waals surface area contributed by atoms with Gasteiger partial charge in [-0.1, -0.05) is 0 Å². The minimum atomic E-state index is -3.08. The number of esters is 1. The zero-order valence-corrected chi connectivity index (χ0v) is 11.5. The van der Waals surface area contributed by atoms with Crippen molar-refractivity contribution in [2.24, 2.45) is 5.92 Å². The van der Waals surface area contributed by atoms with E-state index in [1.807, 2.05) is 0 Å². The molecule has 0 saturated carbocycles. The summed E-state index contributed by atoms with van der Waals surface area (Å²) in [6.07, 6.45) is -0.415. The molecule has 2 rings (SSSR count). The van der Waals surface area contributed by atoms with Gasteiger partial charge in [0.05, 0.1) is 37.7 Å². The van der Waals surface area contributed by atoms with Gasteiger partial charge in [-0.2, -0.15) is 0 Å². The van der Waals surface area contributed by atoms with Crippen LogP contribution in [-0.2, 0) is 28.9 Å². The maximum atomic E-state index is 12.2. The summed E-state index contributed by atoms with van der Waals surface area (Å²) < 4.78 is 32.6. The third-order valence-corrected chi connectivity index (χ3v) is 5.19. The smallest absolute Gasteiger partial charge is 0.336 e. The van der Waals surface area contributed by atoms with Crippen LogP contribution in [0.25, 0.3) is 0 Å². The van der Waals surface area contributed by atoms with Gasteiger partial charge in [0.15, 0.2) is 15.9 Å². The van der Waals surface area contributed by atoms with Crippen molar-refractivity contribution in [2.75, 3.05) is 38.3 Å². The molecule has 0 aromatic rings. The Hall–Kier alpha value is -1.15. The van der Waals surface area contributed by atoms with Gasteiger partial charge >= 0.3 is 5.97 Å². The molecule has 0 N–H and O–H groups in total. The predicted molar refractivity (Wildman–Crippen MR) is 65.1 cm³/mol. The first-order chi connectivity index (χ1) is 8.93. The number of amides is 1. The van der Waals surface area contributed by atoms with E-state index >= 15 is 0 Å². The summed E-state index contributed by atoms with van der Waals surface area (Å²) in [6.45, 7) is 0.760. The van der Waals surface area contributed by atoms with Crippen molar-refractivity contribution in [3.63, 3.8) is 0 Å². The van der Waals surface area contributed by atoms with E-state index in [4.69, 9.17) is 4.74 Å². The standard InChI is InChI=1S/C11H17NO6S/c1-17-11(14)9-6-12(3-4-18-9)10(13)8-2-5-19(15,16)7-8/h8-9H,2-7H2,1H3. The number of carbonyl (C=O) groups excluding carboxylic acids is 2. The summed E-state index contributed by atoms with van der Waals surface area (Å²) in [5.74, 6) is -1.24. The number of ether oxygens (including phenoxy) is 2. The SMILES string of the molecule is COC(=O)C1CN(C(=O)C2CCS(=O)(=O)C2)CCO1. The Labute approximate surface area is 111 Å². The van der Waals surface area contributed by atoms with E-state index in [0.29, 0.717) is 13.0 Å². The largest absolute Gasteiger partial charge is 0.467 e. The molecule has 2 atom stereocenters. The van der Waals surface area contributed by atoms with Gasteiger partial charge in [-0.3, -0.25) is 4.79 Å². The Morgan fingerprint density at radius 1 is 1.37 bits per heavy atom. The number of methoxy groups -OCH3 is 1. The van der Waals surface area contributed by atoms with Crippen LogP contribution in [-0.4, -0.2) is 69.6 Å². The van der Waals surface area contributed by atoms with E-state index in [2.05, 4.69) is 4.74 Å². The van der Waals surface area contributed by atoms with Crippen LogP contribution in [0.3, 0.4) is 0 Å². The summed E-state index contributed by atoms with van der Waals surface area (Å²) in [5.41, 5.74) is 0. The first kappa shape index (κ1) is 14.3. The average molecular weight is 291 g/mol. The van der Waals surface area contributed by atoms with Gasteiger partial charge in [0.2, 0.25) is 5.91 Å². The van der Waals surface area contributed by atoms with Crippen LogP contribution in [0.4, 0.5) is 0 Å². The van der Waals surface area contributed by atoms with Crippen molar-refractivity contribution in [3.8, 4) is 0 Å². The third-order valence-electron chi connectivity index (χ3n) is 3.42. The summed E-state index contributed by atoms with van der Waals surface area (Å²) in [5, 5.41) is 0. The zero-order chi connectivity index (χ0) is 14.0. The fourth-order valence-corrected chi connectivity index (χ4v) is 4.10. The summed E-state index contributed by atoms with van der Waals surface area (Å²) in [7, 11) is -1.82. The highest BCUT2D eigenvalue weighted by molar-refractivity contribution is 7.91. The molecule has 0 bridgehead atoms. The Morgan fingerprint density at radius 2 is 2.11 bits per heavy atom. The lowest BCUT2D eigenvalue weighted by molar-refractivity contribution is -0.163. The first-order valence-electron chi connectivity index (χ1n) is 6.11. The molecule has 0 spiro atoms. The monoisotopic (exact) mass is 291 g/mol. The number of sulfone groups is 1. The molecular formula is C11H17NO6S. The lowest BCUT2D eigenvalue weighted by Gasteiger charge is -2.32. The molecule has 2 unspecified atom stereocenters. The molecule has 2 heterocycles. The zero-order valence-electron chi connectivity index (χ0n) is 10.7. The van der Waals surface area contributed by atoms with Gasteiger partial charge < -0.3 is 14.4 Å². The van der Waals surface area contributed by atoms with Crippen LogP contribution in [0.5, 0.6) is 0 Å². The predicted octanol–water partition coefficient (Wildman–Crippen LogP) is -1.18. The molecule has 8 heteroatoms. The van der Waals surface area contributed by atoms with Crippen molar-refractivity contribution in [2.45, 2.75) is 12.5 Å². The van der Waals surface area contributed by atoms with Crippen LogP contribution in [0.1, 0.15) is 6.42 Å². The number of hydrogen-bond donors (Lipinski definition) is 0. The fourth-order valence-electron chi connectivity index (χ4n) is 2.37. The second-order valence-electron chi connectivity index (χ2n) is 4.77. The molecule has 1 amide bonds. The van der Waals surface area contributed by atoms with Gasteiger partial charge in [0.1, 0.15) is 0 Å². The van der Waals surface area contributed by atoms with Gasteiger partial charge in [-0.05, 0) is 6.42 Å². The summed E-state index contributed by atoms with van der Waals surface area (Å²) in [4.78, 5) is 25.1. The Balaban J connectivity index is 1.98. The Morgan fingerprint density at radius 3 is 2.68 bits per heavy atom. The lowest BCUT2D eigenvalue weighted by Crippen LogP contribution is -2.50. The van der Waals surface area contributed by atoms with E-state index in [1.165, 1.54) is 12.0 Å². The Bertz CT molecular complexity index is 474. The van der Waals surface area contributed by atoms with Gasteiger partial charge in [-0.25, -0.2) is 13.2 Å². The maximum absolute atomic E-state index is 12.2. The second-order valence-corrected chi connectivity index (χ2v) is 7.00. The Kier molecular flexibility index (Phi) is 4.10. The van der Waals surface area contributed by atoms with Crippen molar-refractivity contribution in [1.29, 1.82) is 0 Å². The molecule has 0 aliphatic carbocycles. The molecule has 19 heavy (non-hydrogen) atoms. The minimum Gasteiger partial charge on any atom is -0.467 e. The van der Waals surface area contributed by atoms with Gasteiger partial charge in [0, 0.05) is 6.54 Å². The molecule has 2 saturated heterocycles. The highest BCUT2D eigenvalue weighted by Crippen LogP contribution is 2.22. The molecule has 2 aliphatic heterocycles. The lowest BCUT2D eigenvalue weighted by atomic mass is 10.1. The highest BCUT2D eigenvalue weighted by atomic mass is 32.2. The molecule has 108 valence electrons. The normalized spacial score (nSPS) is 30.1. The first-order valence-corrected chi connectivity index (χ1v) is 7.94. The van der Waals surface area contributed by atoms with Crippen molar-refractivity contribution in [3.05, 3.63) is 0 Å². The molecule has 7 nitrogen and oxygen atoms in total. The topological polar surface area (TPSA) is 90.0 Å².